The Kier molecular flexibility index (Phi) is 4.37. The molecule has 0 saturated heterocycles. The molecule has 1 aromatic rings. The average Bonchev–Trinajstić information content (AvgIpc) is 2.60. The van der Waals surface area contributed by atoms with Crippen molar-refractivity contribution < 1.29 is 23.4 Å². The number of nitrogens with two attached hydrogens (primary N) is 1. The fourth-order valence-corrected chi connectivity index (χ4v) is 1.71. The van der Waals surface area contributed by atoms with Gasteiger partial charge in [-0.15, -0.1) is 21.2 Å². The Morgan fingerprint density at radius 2 is 2.06 bits per heavy atom. The van der Waals surface area contributed by atoms with Gasteiger partial charge in [0.25, 0.3) is 0 Å². The molecule has 0 aromatic heterocycles. The molecule has 7 heteroatoms. The lowest BCUT2D eigenvalue weighted by molar-refractivity contribution is -0.287. The highest BCUT2D eigenvalue weighted by molar-refractivity contribution is 5.85. The second-order valence-electron chi connectivity index (χ2n) is 3.84. The third kappa shape index (κ3) is 2.66. The maximum absolute atomic E-state index is 12.9. The highest BCUT2D eigenvalue weighted by Gasteiger charge is 2.45. The Balaban J connectivity index is 0.00000162. The first-order chi connectivity index (χ1) is 7.94. The molecule has 3 N–H and O–H groups in total. The Hall–Kier alpha value is -1.11. The Bertz CT molecular complexity index is 431. The predicted molar refractivity (Wildman–Crippen MR) is 63.1 cm³/mol. The van der Waals surface area contributed by atoms with Crippen molar-refractivity contribution in [1.82, 2.24) is 0 Å². The molecule has 1 aliphatic rings. The zero-order valence-corrected chi connectivity index (χ0v) is 10.4. The van der Waals surface area contributed by atoms with Crippen molar-refractivity contribution in [1.29, 1.82) is 0 Å². The summed E-state index contributed by atoms with van der Waals surface area (Å²) in [6.45, 7) is 1.75. The Morgan fingerprint density at radius 3 is 2.67 bits per heavy atom. The van der Waals surface area contributed by atoms with Gasteiger partial charge in [-0.05, 0) is 12.5 Å². The molecule has 0 radical (unpaired) electrons. The van der Waals surface area contributed by atoms with E-state index in [0.29, 0.717) is 12.0 Å². The van der Waals surface area contributed by atoms with Crippen LogP contribution >= 0.6 is 12.4 Å². The molecule has 0 aliphatic carbocycles. The van der Waals surface area contributed by atoms with Crippen LogP contribution in [0.3, 0.4) is 0 Å². The molecule has 0 fully saturated rings. The van der Waals surface area contributed by atoms with E-state index in [1.807, 2.05) is 0 Å². The summed E-state index contributed by atoms with van der Waals surface area (Å²) in [4.78, 5) is 0. The van der Waals surface area contributed by atoms with Crippen molar-refractivity contribution in [2.24, 2.45) is 5.73 Å². The van der Waals surface area contributed by atoms with Crippen LogP contribution in [0.2, 0.25) is 0 Å². The summed E-state index contributed by atoms with van der Waals surface area (Å²) in [6.07, 6.45) is -4.07. The van der Waals surface area contributed by atoms with Gasteiger partial charge in [-0.1, -0.05) is 19.1 Å². The molecule has 0 amide bonds. The number of rotatable bonds is 3. The highest BCUT2D eigenvalue weighted by atomic mass is 35.5. The molecule has 1 heterocycles. The Labute approximate surface area is 109 Å². The molecule has 18 heavy (non-hydrogen) atoms. The quantitative estimate of drug-likeness (QED) is 0.891. The largest absolute Gasteiger partial charge is 0.586 e. The summed E-state index contributed by atoms with van der Waals surface area (Å²) in [6, 6.07) is 3.64. The van der Waals surface area contributed by atoms with Gasteiger partial charge in [-0.3, -0.25) is 0 Å². The van der Waals surface area contributed by atoms with E-state index >= 15 is 0 Å². The number of hydrogen-bond donors (Lipinski definition) is 2. The van der Waals surface area contributed by atoms with E-state index < -0.39 is 18.4 Å². The minimum absolute atomic E-state index is 0. The van der Waals surface area contributed by atoms with Gasteiger partial charge in [0.2, 0.25) is 0 Å². The van der Waals surface area contributed by atoms with Gasteiger partial charge in [-0.25, -0.2) is 0 Å². The standard InChI is InChI=1S/C11H13F2NO3.ClH/c1-2-7(15)9(14)6-4-3-5-8-10(6)17-11(12,13)16-8;/h3-5,7,9,15H,2,14H2,1H3;1H/t7-,9+;/m0./s1. The topological polar surface area (TPSA) is 64.7 Å². The summed E-state index contributed by atoms with van der Waals surface area (Å²) >= 11 is 0. The number of benzene rings is 1. The van der Waals surface area contributed by atoms with Crippen LogP contribution in [-0.4, -0.2) is 17.5 Å². The van der Waals surface area contributed by atoms with Crippen LogP contribution < -0.4 is 15.2 Å². The average molecular weight is 282 g/mol. The Morgan fingerprint density at radius 1 is 1.39 bits per heavy atom. The second-order valence-corrected chi connectivity index (χ2v) is 3.84. The van der Waals surface area contributed by atoms with Gasteiger partial charge in [0.05, 0.1) is 12.1 Å². The number of aliphatic hydroxyl groups excluding tert-OH is 1. The molecule has 1 aromatic carbocycles. The molecule has 2 rings (SSSR count). The lowest BCUT2D eigenvalue weighted by Crippen LogP contribution is -2.28. The normalized spacial score (nSPS) is 18.9. The maximum Gasteiger partial charge on any atom is 0.586 e. The van der Waals surface area contributed by atoms with Gasteiger partial charge in [0.15, 0.2) is 11.5 Å². The fourth-order valence-electron chi connectivity index (χ4n) is 1.71. The van der Waals surface area contributed by atoms with E-state index in [0.717, 1.165) is 0 Å². The minimum atomic E-state index is -3.67. The minimum Gasteiger partial charge on any atom is -0.395 e. The SMILES string of the molecule is CC[C@H](O)[C@H](N)c1cccc2c1OC(F)(F)O2.Cl. The molecule has 2 atom stereocenters. The van der Waals surface area contributed by atoms with Gasteiger partial charge in [0, 0.05) is 5.56 Å². The summed E-state index contributed by atoms with van der Waals surface area (Å²) < 4.78 is 34.5. The molecule has 0 unspecified atom stereocenters. The van der Waals surface area contributed by atoms with Crippen LogP contribution in [-0.2, 0) is 0 Å². The molecule has 0 saturated carbocycles. The molecular weight excluding hydrogens is 268 g/mol. The monoisotopic (exact) mass is 281 g/mol. The molecule has 4 nitrogen and oxygen atoms in total. The second kappa shape index (κ2) is 5.26. The summed E-state index contributed by atoms with van der Waals surface area (Å²) in [5.41, 5.74) is 6.09. The molecule has 1 aliphatic heterocycles. The smallest absolute Gasteiger partial charge is 0.395 e. The zero-order valence-electron chi connectivity index (χ0n) is 9.60. The highest BCUT2D eigenvalue weighted by Crippen LogP contribution is 2.45. The first-order valence-electron chi connectivity index (χ1n) is 5.27. The van der Waals surface area contributed by atoms with Crippen LogP contribution in [0.25, 0.3) is 0 Å². The van der Waals surface area contributed by atoms with Crippen LogP contribution in [0.1, 0.15) is 24.9 Å². The lowest BCUT2D eigenvalue weighted by Gasteiger charge is -2.18. The number of hydrogen-bond acceptors (Lipinski definition) is 4. The van der Waals surface area contributed by atoms with E-state index in [-0.39, 0.29) is 23.9 Å². The van der Waals surface area contributed by atoms with Crippen LogP contribution in [0.4, 0.5) is 8.78 Å². The third-order valence-electron chi connectivity index (χ3n) is 2.65. The predicted octanol–water partition coefficient (Wildman–Crippen LogP) is 2.20. The third-order valence-corrected chi connectivity index (χ3v) is 2.65. The maximum atomic E-state index is 12.9. The van der Waals surface area contributed by atoms with Crippen molar-refractivity contribution in [2.75, 3.05) is 0 Å². The molecule has 0 bridgehead atoms. The van der Waals surface area contributed by atoms with E-state index in [4.69, 9.17) is 5.73 Å². The first kappa shape index (κ1) is 14.9. The van der Waals surface area contributed by atoms with Crippen LogP contribution in [0.15, 0.2) is 18.2 Å². The zero-order chi connectivity index (χ0) is 12.6. The van der Waals surface area contributed by atoms with Crippen LogP contribution in [0.5, 0.6) is 11.5 Å². The number of aliphatic hydroxyl groups is 1. The van der Waals surface area contributed by atoms with Crippen molar-refractivity contribution >= 4 is 12.4 Å². The summed E-state index contributed by atoms with van der Waals surface area (Å²) in [5.74, 6) is -0.163. The first-order valence-corrected chi connectivity index (χ1v) is 5.27. The number of fused-ring (bicyclic) bond motifs is 1. The van der Waals surface area contributed by atoms with E-state index in [2.05, 4.69) is 9.47 Å². The van der Waals surface area contributed by atoms with Crippen molar-refractivity contribution in [3.8, 4) is 11.5 Å². The van der Waals surface area contributed by atoms with Gasteiger partial charge in [-0.2, -0.15) is 0 Å². The van der Waals surface area contributed by atoms with Crippen molar-refractivity contribution in [3.63, 3.8) is 0 Å². The van der Waals surface area contributed by atoms with E-state index in [9.17, 15) is 13.9 Å². The van der Waals surface area contributed by atoms with Crippen LogP contribution in [0, 0.1) is 0 Å². The number of ether oxygens (including phenoxy) is 2. The molecule has 0 spiro atoms. The van der Waals surface area contributed by atoms with Gasteiger partial charge < -0.3 is 20.3 Å². The van der Waals surface area contributed by atoms with Crippen molar-refractivity contribution in [3.05, 3.63) is 23.8 Å². The lowest BCUT2D eigenvalue weighted by atomic mass is 9.99. The number of alkyl halides is 2. The molecular formula is C11H14ClF2NO3. The molecule has 102 valence electrons. The van der Waals surface area contributed by atoms with Crippen molar-refractivity contribution in [2.45, 2.75) is 31.8 Å². The summed E-state index contributed by atoms with van der Waals surface area (Å²) in [7, 11) is 0. The number of para-hydroxylation sites is 1. The van der Waals surface area contributed by atoms with E-state index in [1.165, 1.54) is 18.2 Å². The van der Waals surface area contributed by atoms with Gasteiger partial charge in [0.1, 0.15) is 0 Å². The summed E-state index contributed by atoms with van der Waals surface area (Å²) in [5, 5.41) is 9.63. The fraction of sp³-hybridized carbons (Fsp3) is 0.455. The van der Waals surface area contributed by atoms with E-state index in [1.54, 1.807) is 6.92 Å². The number of halogens is 3. The van der Waals surface area contributed by atoms with Gasteiger partial charge >= 0.3 is 6.29 Å².